The van der Waals surface area contributed by atoms with Crippen LogP contribution in [0.1, 0.15) is 17.8 Å². The van der Waals surface area contributed by atoms with Gasteiger partial charge in [-0.2, -0.15) is 5.10 Å². The number of nitrogens with one attached hydrogen (secondary N) is 2. The molecular weight excluding hydrogens is 420 g/mol. The SMILES string of the molecule is COc1ccccc1NS(=O)(=O)c1ccc(O)c(NC(=O)CCn2nc(C)cc2C)c1. The van der Waals surface area contributed by atoms with E-state index in [4.69, 9.17) is 4.74 Å². The van der Waals surface area contributed by atoms with Crippen LogP contribution in [0.3, 0.4) is 0 Å². The number of hydrogen-bond acceptors (Lipinski definition) is 6. The molecule has 1 amide bonds. The lowest BCUT2D eigenvalue weighted by atomic mass is 10.2. The van der Waals surface area contributed by atoms with Crippen LogP contribution in [0.4, 0.5) is 11.4 Å². The fourth-order valence-corrected chi connectivity index (χ4v) is 4.13. The monoisotopic (exact) mass is 444 g/mol. The number of carbonyl (C=O) groups excluding carboxylic acids is 1. The fraction of sp³-hybridized carbons (Fsp3) is 0.238. The lowest BCUT2D eigenvalue weighted by Crippen LogP contribution is -2.17. The first-order valence-electron chi connectivity index (χ1n) is 9.49. The van der Waals surface area contributed by atoms with Crippen molar-refractivity contribution in [3.05, 3.63) is 59.9 Å². The molecule has 3 rings (SSSR count). The van der Waals surface area contributed by atoms with Gasteiger partial charge in [0.2, 0.25) is 5.91 Å². The highest BCUT2D eigenvalue weighted by Crippen LogP contribution is 2.30. The summed E-state index contributed by atoms with van der Waals surface area (Å²) < 4.78 is 34.9. The Morgan fingerprint density at radius 3 is 2.55 bits per heavy atom. The topological polar surface area (TPSA) is 123 Å². The van der Waals surface area contributed by atoms with E-state index in [1.165, 1.54) is 25.3 Å². The van der Waals surface area contributed by atoms with E-state index in [-0.39, 0.29) is 34.3 Å². The molecule has 0 atom stereocenters. The number of ether oxygens (including phenoxy) is 1. The van der Waals surface area contributed by atoms with Crippen molar-refractivity contribution in [2.45, 2.75) is 31.7 Å². The zero-order valence-corrected chi connectivity index (χ0v) is 18.2. The number of carbonyl (C=O) groups is 1. The number of sulfonamides is 1. The maximum atomic E-state index is 12.8. The molecule has 0 fully saturated rings. The first-order valence-corrected chi connectivity index (χ1v) is 11.0. The molecule has 0 saturated heterocycles. The fourth-order valence-electron chi connectivity index (χ4n) is 3.04. The Balaban J connectivity index is 1.74. The van der Waals surface area contributed by atoms with Crippen LogP contribution >= 0.6 is 0 Å². The van der Waals surface area contributed by atoms with Gasteiger partial charge in [-0.15, -0.1) is 0 Å². The van der Waals surface area contributed by atoms with Gasteiger partial charge in [-0.25, -0.2) is 8.42 Å². The summed E-state index contributed by atoms with van der Waals surface area (Å²) in [6, 6.07) is 12.2. The number of aromatic nitrogens is 2. The smallest absolute Gasteiger partial charge is 0.262 e. The predicted molar refractivity (Wildman–Crippen MR) is 117 cm³/mol. The van der Waals surface area contributed by atoms with Gasteiger partial charge in [0.25, 0.3) is 10.0 Å². The number of benzene rings is 2. The highest BCUT2D eigenvalue weighted by molar-refractivity contribution is 7.92. The van der Waals surface area contributed by atoms with Crippen LogP contribution in [-0.2, 0) is 21.4 Å². The minimum absolute atomic E-state index is 0.00118. The Bertz CT molecular complexity index is 1200. The van der Waals surface area contributed by atoms with Gasteiger partial charge in [0, 0.05) is 18.7 Å². The van der Waals surface area contributed by atoms with Crippen molar-refractivity contribution in [2.24, 2.45) is 0 Å². The molecule has 0 aliphatic rings. The molecule has 0 saturated carbocycles. The molecule has 0 aliphatic heterocycles. The summed E-state index contributed by atoms with van der Waals surface area (Å²) in [6.07, 6.45) is 0.109. The number of hydrogen-bond donors (Lipinski definition) is 3. The van der Waals surface area contributed by atoms with E-state index in [0.29, 0.717) is 12.3 Å². The second kappa shape index (κ2) is 9.09. The van der Waals surface area contributed by atoms with Gasteiger partial charge in [0.15, 0.2) is 0 Å². The maximum Gasteiger partial charge on any atom is 0.262 e. The number of para-hydroxylation sites is 2. The molecule has 9 nitrogen and oxygen atoms in total. The number of methoxy groups -OCH3 is 1. The van der Waals surface area contributed by atoms with Crippen molar-refractivity contribution < 1.29 is 23.1 Å². The van der Waals surface area contributed by atoms with Crippen LogP contribution in [-0.4, -0.2) is 36.3 Å². The third-order valence-corrected chi connectivity index (χ3v) is 5.92. The normalized spacial score (nSPS) is 11.2. The van der Waals surface area contributed by atoms with Crippen LogP contribution in [0.2, 0.25) is 0 Å². The molecule has 0 radical (unpaired) electrons. The molecular formula is C21H24N4O5S. The van der Waals surface area contributed by atoms with Gasteiger partial charge in [0.1, 0.15) is 11.5 Å². The van der Waals surface area contributed by atoms with Gasteiger partial charge in [-0.3, -0.25) is 14.2 Å². The van der Waals surface area contributed by atoms with Crippen LogP contribution in [0.25, 0.3) is 0 Å². The minimum Gasteiger partial charge on any atom is -0.506 e. The standard InChI is InChI=1S/C21H24N4O5S/c1-14-12-15(2)25(23-14)11-10-21(27)22-18-13-16(8-9-19(18)26)31(28,29)24-17-6-4-5-7-20(17)30-3/h4-9,12-13,24,26H,10-11H2,1-3H3,(H,22,27). The molecule has 1 heterocycles. The van der Waals surface area contributed by atoms with Crippen molar-refractivity contribution in [1.29, 1.82) is 0 Å². The Kier molecular flexibility index (Phi) is 6.50. The second-order valence-corrected chi connectivity index (χ2v) is 8.62. The van der Waals surface area contributed by atoms with Gasteiger partial charge in [0.05, 0.1) is 29.1 Å². The van der Waals surface area contributed by atoms with E-state index in [2.05, 4.69) is 15.1 Å². The Labute approximate surface area is 180 Å². The summed E-state index contributed by atoms with van der Waals surface area (Å²) >= 11 is 0. The number of rotatable bonds is 8. The summed E-state index contributed by atoms with van der Waals surface area (Å²) in [5.41, 5.74) is 2.06. The van der Waals surface area contributed by atoms with E-state index < -0.39 is 10.0 Å². The summed E-state index contributed by atoms with van der Waals surface area (Å²) in [7, 11) is -2.55. The predicted octanol–water partition coefficient (Wildman–Crippen LogP) is 3.04. The molecule has 3 aromatic rings. The highest BCUT2D eigenvalue weighted by atomic mass is 32.2. The zero-order chi connectivity index (χ0) is 22.6. The number of amides is 1. The molecule has 2 aromatic carbocycles. The van der Waals surface area contributed by atoms with E-state index in [1.807, 2.05) is 19.9 Å². The van der Waals surface area contributed by atoms with Crippen LogP contribution in [0.5, 0.6) is 11.5 Å². The number of anilines is 2. The quantitative estimate of drug-likeness (QED) is 0.459. The largest absolute Gasteiger partial charge is 0.506 e. The van der Waals surface area contributed by atoms with Crippen LogP contribution < -0.4 is 14.8 Å². The molecule has 164 valence electrons. The van der Waals surface area contributed by atoms with Crippen molar-refractivity contribution in [2.75, 3.05) is 17.1 Å². The Morgan fingerprint density at radius 2 is 1.87 bits per heavy atom. The summed E-state index contributed by atoms with van der Waals surface area (Å²) in [5.74, 6) is -0.256. The number of aromatic hydroxyl groups is 1. The van der Waals surface area contributed by atoms with Crippen molar-refractivity contribution in [3.63, 3.8) is 0 Å². The Hall–Kier alpha value is -3.53. The van der Waals surface area contributed by atoms with E-state index >= 15 is 0 Å². The van der Waals surface area contributed by atoms with E-state index in [1.54, 1.807) is 28.9 Å². The maximum absolute atomic E-state index is 12.8. The first kappa shape index (κ1) is 22.2. The molecule has 31 heavy (non-hydrogen) atoms. The third kappa shape index (κ3) is 5.34. The third-order valence-electron chi connectivity index (χ3n) is 4.56. The molecule has 0 unspecified atom stereocenters. The lowest BCUT2D eigenvalue weighted by Gasteiger charge is -2.13. The Morgan fingerprint density at radius 1 is 1.13 bits per heavy atom. The first-order chi connectivity index (χ1) is 14.7. The van der Waals surface area contributed by atoms with E-state index in [9.17, 15) is 18.3 Å². The number of aryl methyl sites for hydroxylation is 3. The molecule has 10 heteroatoms. The van der Waals surface area contributed by atoms with Gasteiger partial charge in [-0.05, 0) is 50.2 Å². The summed E-state index contributed by atoms with van der Waals surface area (Å²) in [4.78, 5) is 12.2. The van der Waals surface area contributed by atoms with Crippen LogP contribution in [0.15, 0.2) is 53.4 Å². The molecule has 3 N–H and O–H groups in total. The lowest BCUT2D eigenvalue weighted by molar-refractivity contribution is -0.116. The number of phenols is 1. The zero-order valence-electron chi connectivity index (χ0n) is 17.4. The van der Waals surface area contributed by atoms with Gasteiger partial charge >= 0.3 is 0 Å². The average molecular weight is 445 g/mol. The van der Waals surface area contributed by atoms with Gasteiger partial charge < -0.3 is 15.2 Å². The summed E-state index contributed by atoms with van der Waals surface area (Å²) in [6.45, 7) is 4.12. The van der Waals surface area contributed by atoms with Crippen LogP contribution in [0, 0.1) is 13.8 Å². The van der Waals surface area contributed by atoms with E-state index in [0.717, 1.165) is 11.4 Å². The van der Waals surface area contributed by atoms with Crippen molar-refractivity contribution >= 4 is 27.3 Å². The molecule has 0 spiro atoms. The highest BCUT2D eigenvalue weighted by Gasteiger charge is 2.19. The number of nitrogens with zero attached hydrogens (tertiary/aromatic N) is 2. The number of phenolic OH excluding ortho intramolecular Hbond substituents is 1. The minimum atomic E-state index is -3.99. The summed E-state index contributed by atoms with van der Waals surface area (Å²) in [5, 5.41) is 16.9. The molecule has 0 aliphatic carbocycles. The average Bonchev–Trinajstić information content (AvgIpc) is 3.05. The van der Waals surface area contributed by atoms with Crippen molar-refractivity contribution in [1.82, 2.24) is 9.78 Å². The molecule has 1 aromatic heterocycles. The van der Waals surface area contributed by atoms with Gasteiger partial charge in [-0.1, -0.05) is 12.1 Å². The second-order valence-electron chi connectivity index (χ2n) is 6.93. The molecule has 0 bridgehead atoms. The van der Waals surface area contributed by atoms with Crippen molar-refractivity contribution in [3.8, 4) is 11.5 Å².